The van der Waals surface area contributed by atoms with Gasteiger partial charge in [-0.05, 0) is 78.3 Å². The number of rotatable bonds is 6. The van der Waals surface area contributed by atoms with Gasteiger partial charge in [0.15, 0.2) is 5.65 Å². The number of aliphatic hydroxyl groups is 1. The molecule has 44 heavy (non-hydrogen) atoms. The molecular formula is C32H42N8O4. The Balaban J connectivity index is 1.46. The number of hydrogen-bond acceptors (Lipinski definition) is 9. The first-order chi connectivity index (χ1) is 20.8. The van der Waals surface area contributed by atoms with Crippen molar-refractivity contribution in [2.24, 2.45) is 0 Å². The average Bonchev–Trinajstić information content (AvgIpc) is 3.40. The van der Waals surface area contributed by atoms with Gasteiger partial charge in [-0.25, -0.2) is 19.4 Å². The van der Waals surface area contributed by atoms with Gasteiger partial charge in [0.05, 0.1) is 22.8 Å². The maximum atomic E-state index is 13.7. The maximum Gasteiger partial charge on any atom is 0.410 e. The highest BCUT2D eigenvalue weighted by molar-refractivity contribution is 6.06. The van der Waals surface area contributed by atoms with E-state index in [0.717, 1.165) is 22.7 Å². The lowest BCUT2D eigenvalue weighted by atomic mass is 10.0. The predicted octanol–water partition coefficient (Wildman–Crippen LogP) is 4.00. The maximum absolute atomic E-state index is 13.7. The van der Waals surface area contributed by atoms with Gasteiger partial charge in [-0.3, -0.25) is 4.79 Å². The number of anilines is 1. The summed E-state index contributed by atoms with van der Waals surface area (Å²) >= 11 is 0. The molecule has 1 fully saturated rings. The van der Waals surface area contributed by atoms with Gasteiger partial charge < -0.3 is 30.3 Å². The van der Waals surface area contributed by atoms with Gasteiger partial charge in [0.1, 0.15) is 17.6 Å². The van der Waals surface area contributed by atoms with Crippen molar-refractivity contribution in [3.05, 3.63) is 59.1 Å². The van der Waals surface area contributed by atoms with Crippen LogP contribution in [0.1, 0.15) is 64.9 Å². The Labute approximate surface area is 257 Å². The van der Waals surface area contributed by atoms with Crippen LogP contribution in [0.3, 0.4) is 0 Å². The summed E-state index contributed by atoms with van der Waals surface area (Å²) in [5.41, 5.74) is 4.32. The number of allylic oxidation sites excluding steroid dienone is 3. The molecule has 1 atom stereocenters. The van der Waals surface area contributed by atoms with Gasteiger partial charge in [0, 0.05) is 61.8 Å². The second-order valence-corrected chi connectivity index (χ2v) is 12.6. The van der Waals surface area contributed by atoms with Crippen LogP contribution in [0, 0.1) is 0 Å². The van der Waals surface area contributed by atoms with E-state index in [1.165, 1.54) is 0 Å². The molecule has 3 aromatic rings. The SMILES string of the molecule is CC1=CC(C)=C(CNC(=O)c2cc(-c3cccnc3N3CCN(C(=O)OC(C)(C)C)CC3)nc3c2cnn3C(C)C)C(O)N1. The first-order valence-electron chi connectivity index (χ1n) is 15.0. The molecule has 12 heteroatoms. The number of carbonyl (C=O) groups is 2. The highest BCUT2D eigenvalue weighted by Crippen LogP contribution is 2.32. The molecule has 0 saturated carbocycles. The number of ether oxygens (including phenoxy) is 1. The van der Waals surface area contributed by atoms with E-state index in [4.69, 9.17) is 14.7 Å². The fourth-order valence-electron chi connectivity index (χ4n) is 5.48. The van der Waals surface area contributed by atoms with Crippen molar-refractivity contribution >= 4 is 28.9 Å². The number of nitrogens with one attached hydrogen (secondary N) is 2. The first kappa shape index (κ1) is 31.0. The molecule has 0 aromatic carbocycles. The zero-order chi connectivity index (χ0) is 31.8. The number of piperazine rings is 1. The van der Waals surface area contributed by atoms with Gasteiger partial charge in [0.2, 0.25) is 0 Å². The summed E-state index contributed by atoms with van der Waals surface area (Å²) in [6.45, 7) is 15.7. The lowest BCUT2D eigenvalue weighted by molar-refractivity contribution is 0.0240. The fraction of sp³-hybridized carbons (Fsp3) is 0.469. The van der Waals surface area contributed by atoms with Crippen LogP contribution in [0.2, 0.25) is 0 Å². The van der Waals surface area contributed by atoms with E-state index in [9.17, 15) is 14.7 Å². The third-order valence-electron chi connectivity index (χ3n) is 7.67. The van der Waals surface area contributed by atoms with Crippen LogP contribution >= 0.6 is 0 Å². The number of aromatic nitrogens is 4. The molecule has 1 saturated heterocycles. The summed E-state index contributed by atoms with van der Waals surface area (Å²) in [6.07, 6.45) is 4.16. The van der Waals surface area contributed by atoms with Crippen LogP contribution in [-0.4, -0.2) is 86.3 Å². The Morgan fingerprint density at radius 1 is 1.18 bits per heavy atom. The quantitative estimate of drug-likeness (QED) is 0.382. The third-order valence-corrected chi connectivity index (χ3v) is 7.67. The van der Waals surface area contributed by atoms with Crippen molar-refractivity contribution in [3.8, 4) is 11.3 Å². The molecule has 2 aliphatic heterocycles. The normalized spacial score (nSPS) is 17.6. The van der Waals surface area contributed by atoms with Gasteiger partial charge in [-0.1, -0.05) is 0 Å². The molecule has 12 nitrogen and oxygen atoms in total. The minimum atomic E-state index is -0.870. The monoisotopic (exact) mass is 602 g/mol. The highest BCUT2D eigenvalue weighted by Gasteiger charge is 2.28. The third kappa shape index (κ3) is 6.54. The van der Waals surface area contributed by atoms with Crippen molar-refractivity contribution in [2.75, 3.05) is 37.6 Å². The van der Waals surface area contributed by atoms with E-state index in [2.05, 4.69) is 20.6 Å². The van der Waals surface area contributed by atoms with E-state index in [0.29, 0.717) is 54.0 Å². The second-order valence-electron chi connectivity index (χ2n) is 12.6. The molecular weight excluding hydrogens is 560 g/mol. The number of nitrogens with zero attached hydrogens (tertiary/aromatic N) is 6. The molecule has 0 aliphatic carbocycles. The van der Waals surface area contributed by atoms with Crippen molar-refractivity contribution in [1.82, 2.24) is 35.3 Å². The zero-order valence-corrected chi connectivity index (χ0v) is 26.5. The van der Waals surface area contributed by atoms with Crippen molar-refractivity contribution in [1.29, 1.82) is 0 Å². The molecule has 2 amide bonds. The molecule has 234 valence electrons. The van der Waals surface area contributed by atoms with Gasteiger partial charge in [-0.15, -0.1) is 0 Å². The lowest BCUT2D eigenvalue weighted by Gasteiger charge is -2.36. The Bertz CT molecular complexity index is 1630. The van der Waals surface area contributed by atoms with E-state index in [-0.39, 0.29) is 24.6 Å². The summed E-state index contributed by atoms with van der Waals surface area (Å²) in [5, 5.41) is 21.7. The van der Waals surface area contributed by atoms with Crippen molar-refractivity contribution < 1.29 is 19.4 Å². The van der Waals surface area contributed by atoms with E-state index >= 15 is 0 Å². The van der Waals surface area contributed by atoms with Crippen LogP contribution < -0.4 is 15.5 Å². The fourth-order valence-corrected chi connectivity index (χ4v) is 5.48. The minimum Gasteiger partial charge on any atom is -0.444 e. The van der Waals surface area contributed by atoms with Crippen LogP contribution in [0.25, 0.3) is 22.3 Å². The number of carbonyl (C=O) groups excluding carboxylic acids is 2. The molecule has 3 aromatic heterocycles. The topological polar surface area (TPSA) is 138 Å². The van der Waals surface area contributed by atoms with Gasteiger partial charge in [0.25, 0.3) is 5.91 Å². The Morgan fingerprint density at radius 2 is 1.91 bits per heavy atom. The molecule has 2 aliphatic rings. The Kier molecular flexibility index (Phi) is 8.64. The Hall–Kier alpha value is -4.45. The lowest BCUT2D eigenvalue weighted by Crippen LogP contribution is -2.50. The number of aliphatic hydroxyl groups excluding tert-OH is 1. The minimum absolute atomic E-state index is 0.0201. The van der Waals surface area contributed by atoms with Crippen LogP contribution in [0.5, 0.6) is 0 Å². The number of hydrogen-bond donors (Lipinski definition) is 3. The molecule has 1 unspecified atom stereocenters. The number of amides is 2. The summed E-state index contributed by atoms with van der Waals surface area (Å²) in [7, 11) is 0. The predicted molar refractivity (Wildman–Crippen MR) is 169 cm³/mol. The molecule has 0 spiro atoms. The smallest absolute Gasteiger partial charge is 0.410 e. The first-order valence-corrected chi connectivity index (χ1v) is 15.0. The summed E-state index contributed by atoms with van der Waals surface area (Å²) < 4.78 is 7.37. The number of dihydropyridines is 1. The van der Waals surface area contributed by atoms with E-state index in [1.54, 1.807) is 28.0 Å². The standard InChI is InChI=1S/C32H42N8O4/c1-19(2)40-28-25(18-35-40)23(29(41)34-17-24-20(3)15-21(4)36-30(24)42)16-26(37-28)22-9-8-10-33-27(22)38-11-13-39(14-12-38)31(43)44-32(5,6)7/h8-10,15-16,18-19,30,36,42H,11-14,17H2,1-7H3,(H,34,41). The Morgan fingerprint density at radius 3 is 2.57 bits per heavy atom. The molecule has 3 N–H and O–H groups in total. The van der Waals surface area contributed by atoms with Crippen molar-refractivity contribution in [2.45, 2.75) is 66.3 Å². The summed E-state index contributed by atoms with van der Waals surface area (Å²) in [6, 6.07) is 5.60. The number of fused-ring (bicyclic) bond motifs is 1. The molecule has 5 heterocycles. The molecule has 5 rings (SSSR count). The van der Waals surface area contributed by atoms with Crippen LogP contribution in [0.15, 0.2) is 53.5 Å². The van der Waals surface area contributed by atoms with Gasteiger partial charge in [-0.2, -0.15) is 5.10 Å². The van der Waals surface area contributed by atoms with Crippen molar-refractivity contribution in [3.63, 3.8) is 0 Å². The van der Waals surface area contributed by atoms with Crippen LogP contribution in [0.4, 0.5) is 10.6 Å². The molecule has 0 bridgehead atoms. The van der Waals surface area contributed by atoms with Gasteiger partial charge >= 0.3 is 6.09 Å². The molecule has 0 radical (unpaired) electrons. The number of pyridine rings is 2. The van der Waals surface area contributed by atoms with Crippen LogP contribution in [-0.2, 0) is 4.74 Å². The summed E-state index contributed by atoms with van der Waals surface area (Å²) in [4.78, 5) is 39.9. The zero-order valence-electron chi connectivity index (χ0n) is 26.5. The summed E-state index contributed by atoms with van der Waals surface area (Å²) in [5.74, 6) is 0.432. The average molecular weight is 603 g/mol. The van der Waals surface area contributed by atoms with E-state index < -0.39 is 11.8 Å². The largest absolute Gasteiger partial charge is 0.444 e. The van der Waals surface area contributed by atoms with E-state index in [1.807, 2.05) is 66.7 Å². The second kappa shape index (κ2) is 12.3. The highest BCUT2D eigenvalue weighted by atomic mass is 16.6.